The van der Waals surface area contributed by atoms with Crippen LogP contribution in [0.25, 0.3) is 0 Å². The predicted octanol–water partition coefficient (Wildman–Crippen LogP) is 1.73. The first kappa shape index (κ1) is 11.2. The van der Waals surface area contributed by atoms with Crippen LogP contribution in [0, 0.1) is 5.92 Å². The molecule has 1 aromatic heterocycles. The zero-order chi connectivity index (χ0) is 11.5. The van der Waals surface area contributed by atoms with E-state index in [0.717, 1.165) is 18.7 Å². The zero-order valence-corrected chi connectivity index (χ0v) is 9.78. The van der Waals surface area contributed by atoms with E-state index in [2.05, 4.69) is 9.88 Å². The monoisotopic (exact) mass is 240 g/mol. The molecule has 1 fully saturated rings. The van der Waals surface area contributed by atoms with Crippen LogP contribution in [-0.2, 0) is 9.53 Å². The van der Waals surface area contributed by atoms with Gasteiger partial charge >= 0.3 is 5.97 Å². The molecular formula is C11H13ClN2O2. The second-order valence-corrected chi connectivity index (χ2v) is 4.19. The Hall–Kier alpha value is -1.29. The first-order valence-electron chi connectivity index (χ1n) is 5.14. The number of rotatable bonds is 2. The van der Waals surface area contributed by atoms with Crippen molar-refractivity contribution in [2.45, 2.75) is 6.42 Å². The van der Waals surface area contributed by atoms with Gasteiger partial charge < -0.3 is 9.64 Å². The minimum absolute atomic E-state index is 0.0470. The molecule has 0 saturated carbocycles. The van der Waals surface area contributed by atoms with Crippen LogP contribution >= 0.6 is 11.6 Å². The lowest BCUT2D eigenvalue weighted by Gasteiger charge is -2.19. The fraction of sp³-hybridized carbons (Fsp3) is 0.455. The van der Waals surface area contributed by atoms with E-state index in [4.69, 9.17) is 16.3 Å². The van der Waals surface area contributed by atoms with E-state index in [0.29, 0.717) is 11.6 Å². The number of halogens is 1. The highest BCUT2D eigenvalue weighted by Gasteiger charge is 2.29. The molecule has 0 aliphatic carbocycles. The molecule has 1 unspecified atom stereocenters. The van der Waals surface area contributed by atoms with Gasteiger partial charge in [-0.05, 0) is 12.5 Å². The SMILES string of the molecule is COC(=O)C1CCN(c2ccncc2Cl)C1. The van der Waals surface area contributed by atoms with E-state index < -0.39 is 0 Å². The molecule has 0 spiro atoms. The molecule has 5 heteroatoms. The second-order valence-electron chi connectivity index (χ2n) is 3.78. The molecule has 1 aliphatic heterocycles. The number of methoxy groups -OCH3 is 1. The third-order valence-electron chi connectivity index (χ3n) is 2.81. The van der Waals surface area contributed by atoms with Gasteiger partial charge in [0, 0.05) is 25.5 Å². The van der Waals surface area contributed by atoms with E-state index in [1.807, 2.05) is 6.07 Å². The summed E-state index contributed by atoms with van der Waals surface area (Å²) in [5, 5.41) is 0.619. The summed E-state index contributed by atoms with van der Waals surface area (Å²) in [6, 6.07) is 1.86. The summed E-state index contributed by atoms with van der Waals surface area (Å²) < 4.78 is 4.74. The highest BCUT2D eigenvalue weighted by Crippen LogP contribution is 2.29. The zero-order valence-electron chi connectivity index (χ0n) is 9.02. The van der Waals surface area contributed by atoms with Gasteiger partial charge in [-0.3, -0.25) is 9.78 Å². The van der Waals surface area contributed by atoms with Crippen LogP contribution in [0.4, 0.5) is 5.69 Å². The summed E-state index contributed by atoms with van der Waals surface area (Å²) >= 11 is 6.05. The molecule has 1 aromatic rings. The van der Waals surface area contributed by atoms with Crippen molar-refractivity contribution in [3.05, 3.63) is 23.5 Å². The van der Waals surface area contributed by atoms with Crippen LogP contribution in [0.1, 0.15) is 6.42 Å². The van der Waals surface area contributed by atoms with Gasteiger partial charge in [0.1, 0.15) is 0 Å². The lowest BCUT2D eigenvalue weighted by molar-refractivity contribution is -0.144. The average molecular weight is 241 g/mol. The Balaban J connectivity index is 2.09. The normalized spacial score (nSPS) is 19.9. The number of ether oxygens (including phenoxy) is 1. The molecule has 4 nitrogen and oxygen atoms in total. The quantitative estimate of drug-likeness (QED) is 0.739. The molecule has 1 aliphatic rings. The lowest BCUT2D eigenvalue weighted by atomic mass is 10.1. The smallest absolute Gasteiger partial charge is 0.310 e. The Bertz CT molecular complexity index is 397. The first-order valence-corrected chi connectivity index (χ1v) is 5.52. The molecule has 2 rings (SSSR count). The van der Waals surface area contributed by atoms with Crippen molar-refractivity contribution < 1.29 is 9.53 Å². The number of carbonyl (C=O) groups is 1. The number of aromatic nitrogens is 1. The molecule has 0 N–H and O–H groups in total. The topological polar surface area (TPSA) is 42.4 Å². The number of nitrogens with zero attached hydrogens (tertiary/aromatic N) is 2. The fourth-order valence-electron chi connectivity index (χ4n) is 1.96. The number of hydrogen-bond acceptors (Lipinski definition) is 4. The Morgan fingerprint density at radius 2 is 2.50 bits per heavy atom. The van der Waals surface area contributed by atoms with Crippen LogP contribution in [0.15, 0.2) is 18.5 Å². The average Bonchev–Trinajstić information content (AvgIpc) is 2.78. The van der Waals surface area contributed by atoms with Gasteiger partial charge in [0.25, 0.3) is 0 Å². The van der Waals surface area contributed by atoms with Crippen LogP contribution in [0.2, 0.25) is 5.02 Å². The third kappa shape index (κ3) is 2.11. The maximum absolute atomic E-state index is 11.4. The van der Waals surface area contributed by atoms with Gasteiger partial charge in [0.2, 0.25) is 0 Å². The number of anilines is 1. The Kier molecular flexibility index (Phi) is 3.29. The first-order chi connectivity index (χ1) is 7.72. The predicted molar refractivity (Wildman–Crippen MR) is 61.6 cm³/mol. The van der Waals surface area contributed by atoms with Crippen molar-refractivity contribution in [2.75, 3.05) is 25.1 Å². The van der Waals surface area contributed by atoms with Crippen molar-refractivity contribution in [3.63, 3.8) is 0 Å². The van der Waals surface area contributed by atoms with Crippen molar-refractivity contribution in [3.8, 4) is 0 Å². The largest absolute Gasteiger partial charge is 0.469 e. The van der Waals surface area contributed by atoms with Gasteiger partial charge in [-0.2, -0.15) is 0 Å². The molecule has 0 radical (unpaired) electrons. The summed E-state index contributed by atoms with van der Waals surface area (Å²) in [5.41, 5.74) is 0.933. The van der Waals surface area contributed by atoms with Crippen LogP contribution in [-0.4, -0.2) is 31.2 Å². The summed E-state index contributed by atoms with van der Waals surface area (Å²) in [6.07, 6.45) is 4.13. The fourth-order valence-corrected chi connectivity index (χ4v) is 2.20. The lowest BCUT2D eigenvalue weighted by Crippen LogP contribution is -2.23. The standard InChI is InChI=1S/C11H13ClN2O2/c1-16-11(15)8-3-5-14(7-8)10-2-4-13-6-9(10)12/h2,4,6,8H,3,5,7H2,1H3. The summed E-state index contributed by atoms with van der Waals surface area (Å²) in [5.74, 6) is -0.193. The molecule has 1 atom stereocenters. The van der Waals surface area contributed by atoms with Crippen LogP contribution < -0.4 is 4.90 Å². The minimum atomic E-state index is -0.146. The molecule has 16 heavy (non-hydrogen) atoms. The summed E-state index contributed by atoms with van der Waals surface area (Å²) in [4.78, 5) is 17.4. The van der Waals surface area contributed by atoms with Crippen molar-refractivity contribution >= 4 is 23.3 Å². The third-order valence-corrected chi connectivity index (χ3v) is 3.11. The minimum Gasteiger partial charge on any atom is -0.469 e. The van der Waals surface area contributed by atoms with Crippen molar-refractivity contribution in [2.24, 2.45) is 5.92 Å². The molecule has 86 valence electrons. The number of esters is 1. The number of hydrogen-bond donors (Lipinski definition) is 0. The summed E-state index contributed by atoms with van der Waals surface area (Å²) in [6.45, 7) is 1.49. The molecule has 1 saturated heterocycles. The maximum Gasteiger partial charge on any atom is 0.310 e. The van der Waals surface area contributed by atoms with E-state index in [9.17, 15) is 4.79 Å². The molecule has 0 amide bonds. The van der Waals surface area contributed by atoms with Gasteiger partial charge in [0.05, 0.1) is 23.7 Å². The van der Waals surface area contributed by atoms with E-state index in [1.54, 1.807) is 12.4 Å². The maximum atomic E-state index is 11.4. The van der Waals surface area contributed by atoms with Crippen LogP contribution in [0.5, 0.6) is 0 Å². The Labute approximate surface area is 99.2 Å². The van der Waals surface area contributed by atoms with E-state index in [-0.39, 0.29) is 11.9 Å². The molecule has 2 heterocycles. The number of carbonyl (C=O) groups excluding carboxylic acids is 1. The van der Waals surface area contributed by atoms with E-state index >= 15 is 0 Å². The van der Waals surface area contributed by atoms with Gasteiger partial charge in [-0.15, -0.1) is 0 Å². The van der Waals surface area contributed by atoms with Crippen molar-refractivity contribution in [1.82, 2.24) is 4.98 Å². The highest BCUT2D eigenvalue weighted by molar-refractivity contribution is 6.33. The van der Waals surface area contributed by atoms with E-state index in [1.165, 1.54) is 7.11 Å². The molecule has 0 aromatic carbocycles. The van der Waals surface area contributed by atoms with Crippen molar-refractivity contribution in [1.29, 1.82) is 0 Å². The van der Waals surface area contributed by atoms with Gasteiger partial charge in [0.15, 0.2) is 0 Å². The molecular weight excluding hydrogens is 228 g/mol. The van der Waals surface area contributed by atoms with Gasteiger partial charge in [-0.25, -0.2) is 0 Å². The Morgan fingerprint density at radius 3 is 3.19 bits per heavy atom. The highest BCUT2D eigenvalue weighted by atomic mass is 35.5. The number of pyridine rings is 1. The van der Waals surface area contributed by atoms with Gasteiger partial charge in [-0.1, -0.05) is 11.6 Å². The second kappa shape index (κ2) is 4.70. The van der Waals surface area contributed by atoms with Crippen LogP contribution in [0.3, 0.4) is 0 Å². The molecule has 0 bridgehead atoms. The summed E-state index contributed by atoms with van der Waals surface area (Å²) in [7, 11) is 1.42. The Morgan fingerprint density at radius 1 is 1.69 bits per heavy atom.